The zero-order valence-electron chi connectivity index (χ0n) is 11.3. The van der Waals surface area contributed by atoms with Crippen LogP contribution in [0.2, 0.25) is 0 Å². The lowest BCUT2D eigenvalue weighted by atomic mass is 10.2. The number of anilines is 1. The molecule has 0 heterocycles. The van der Waals surface area contributed by atoms with E-state index in [4.69, 9.17) is 10.5 Å². The molecule has 0 spiro atoms. The first-order valence-electron chi connectivity index (χ1n) is 6.11. The molecule has 0 aliphatic rings. The number of rotatable bonds is 5. The van der Waals surface area contributed by atoms with E-state index in [1.807, 2.05) is 0 Å². The lowest BCUT2D eigenvalue weighted by molar-refractivity contribution is 0.416. The highest BCUT2D eigenvalue weighted by molar-refractivity contribution is 7.92. The lowest BCUT2D eigenvalue weighted by Crippen LogP contribution is -2.14. The van der Waals surface area contributed by atoms with E-state index < -0.39 is 15.8 Å². The summed E-state index contributed by atoms with van der Waals surface area (Å²) in [5.74, 6) is -0.277. The van der Waals surface area contributed by atoms with Gasteiger partial charge in [-0.15, -0.1) is 0 Å². The lowest BCUT2D eigenvalue weighted by Gasteiger charge is -2.13. The number of halogens is 1. The Kier molecular flexibility index (Phi) is 4.44. The summed E-state index contributed by atoms with van der Waals surface area (Å²) in [5, 5.41) is 0. The molecular formula is C14H15FN2O3S. The molecule has 0 radical (unpaired) electrons. The number of ether oxygens (including phenoxy) is 1. The Bertz CT molecular complexity index is 748. The van der Waals surface area contributed by atoms with Crippen LogP contribution in [-0.2, 0) is 16.6 Å². The van der Waals surface area contributed by atoms with E-state index in [2.05, 4.69) is 4.72 Å². The largest absolute Gasteiger partial charge is 0.495 e. The maximum absolute atomic E-state index is 13.1. The number of sulfonamides is 1. The Morgan fingerprint density at radius 1 is 1.24 bits per heavy atom. The zero-order chi connectivity index (χ0) is 15.5. The summed E-state index contributed by atoms with van der Waals surface area (Å²) in [6.07, 6.45) is 0. The van der Waals surface area contributed by atoms with Crippen molar-refractivity contribution in [3.63, 3.8) is 0 Å². The third kappa shape index (κ3) is 3.50. The maximum atomic E-state index is 13.1. The second-order valence-electron chi connectivity index (χ2n) is 4.30. The van der Waals surface area contributed by atoms with Crippen LogP contribution in [0.5, 0.6) is 5.75 Å². The minimum absolute atomic E-state index is 0.160. The summed E-state index contributed by atoms with van der Waals surface area (Å²) in [4.78, 5) is -0.160. The third-order valence-corrected chi connectivity index (χ3v) is 4.22. The van der Waals surface area contributed by atoms with Gasteiger partial charge in [-0.2, -0.15) is 0 Å². The maximum Gasteiger partial charge on any atom is 0.262 e. The summed E-state index contributed by atoms with van der Waals surface area (Å²) < 4.78 is 45.1. The number of hydrogen-bond donors (Lipinski definition) is 2. The van der Waals surface area contributed by atoms with Crippen LogP contribution in [0.4, 0.5) is 10.1 Å². The fraction of sp³-hybridized carbons (Fsp3) is 0.143. The first kappa shape index (κ1) is 15.3. The van der Waals surface area contributed by atoms with Gasteiger partial charge in [0, 0.05) is 6.54 Å². The molecule has 0 aromatic heterocycles. The van der Waals surface area contributed by atoms with Gasteiger partial charge >= 0.3 is 0 Å². The Hall–Kier alpha value is -2.12. The van der Waals surface area contributed by atoms with Gasteiger partial charge in [0.1, 0.15) is 11.6 Å². The highest BCUT2D eigenvalue weighted by atomic mass is 32.2. The third-order valence-electron chi connectivity index (χ3n) is 2.85. The molecule has 2 rings (SSSR count). The Morgan fingerprint density at radius 2 is 2.00 bits per heavy atom. The van der Waals surface area contributed by atoms with Gasteiger partial charge in [-0.05, 0) is 35.9 Å². The van der Waals surface area contributed by atoms with Crippen molar-refractivity contribution in [2.24, 2.45) is 5.73 Å². The fourth-order valence-corrected chi connectivity index (χ4v) is 2.89. The molecule has 0 unspecified atom stereocenters. The average Bonchev–Trinajstić information content (AvgIpc) is 2.47. The smallest absolute Gasteiger partial charge is 0.262 e. The van der Waals surface area contributed by atoms with Crippen molar-refractivity contribution in [1.29, 1.82) is 0 Å². The molecule has 0 aliphatic heterocycles. The predicted octanol–water partition coefficient (Wildman–Crippen LogP) is 2.09. The first-order chi connectivity index (χ1) is 9.96. The molecule has 0 fully saturated rings. The zero-order valence-corrected chi connectivity index (χ0v) is 12.2. The summed E-state index contributed by atoms with van der Waals surface area (Å²) in [7, 11) is -2.46. The minimum Gasteiger partial charge on any atom is -0.495 e. The fourth-order valence-electron chi connectivity index (χ4n) is 1.78. The number of nitrogens with two attached hydrogens (primary N) is 1. The molecule has 0 atom stereocenters. The van der Waals surface area contributed by atoms with Crippen LogP contribution in [-0.4, -0.2) is 15.5 Å². The molecule has 112 valence electrons. The van der Waals surface area contributed by atoms with Crippen molar-refractivity contribution in [1.82, 2.24) is 0 Å². The van der Waals surface area contributed by atoms with Crippen molar-refractivity contribution in [3.05, 3.63) is 53.8 Å². The topological polar surface area (TPSA) is 81.4 Å². The number of hydrogen-bond acceptors (Lipinski definition) is 4. The van der Waals surface area contributed by atoms with Gasteiger partial charge in [-0.3, -0.25) is 4.72 Å². The highest BCUT2D eigenvalue weighted by Gasteiger charge is 2.17. The molecule has 7 heteroatoms. The molecule has 21 heavy (non-hydrogen) atoms. The van der Waals surface area contributed by atoms with Crippen molar-refractivity contribution in [2.45, 2.75) is 11.4 Å². The van der Waals surface area contributed by atoms with Gasteiger partial charge in [-0.25, -0.2) is 12.8 Å². The van der Waals surface area contributed by atoms with Gasteiger partial charge in [0.25, 0.3) is 10.0 Å². The van der Waals surface area contributed by atoms with Crippen LogP contribution in [0.3, 0.4) is 0 Å². The first-order valence-corrected chi connectivity index (χ1v) is 7.60. The van der Waals surface area contributed by atoms with E-state index in [1.54, 1.807) is 18.2 Å². The quantitative estimate of drug-likeness (QED) is 0.886. The standard InChI is InChI=1S/C14H15FN2O3S/c1-20-14-7-10(9-16)5-6-13(14)17-21(18,19)12-4-2-3-11(15)8-12/h2-8,17H,9,16H2,1H3. The molecular weight excluding hydrogens is 295 g/mol. The summed E-state index contributed by atoms with van der Waals surface area (Å²) in [6, 6.07) is 9.65. The molecule has 0 bridgehead atoms. The van der Waals surface area contributed by atoms with Crippen LogP contribution < -0.4 is 15.2 Å². The second kappa shape index (κ2) is 6.11. The summed E-state index contributed by atoms with van der Waals surface area (Å²) in [6.45, 7) is 0.313. The van der Waals surface area contributed by atoms with E-state index in [1.165, 1.54) is 25.3 Å². The van der Waals surface area contributed by atoms with Gasteiger partial charge in [0.15, 0.2) is 0 Å². The molecule has 3 N–H and O–H groups in total. The SMILES string of the molecule is COc1cc(CN)ccc1NS(=O)(=O)c1cccc(F)c1. The van der Waals surface area contributed by atoms with Gasteiger partial charge in [0.05, 0.1) is 17.7 Å². The Labute approximate surface area is 122 Å². The predicted molar refractivity (Wildman–Crippen MR) is 78.1 cm³/mol. The Balaban J connectivity index is 2.37. The normalized spacial score (nSPS) is 11.2. The van der Waals surface area contributed by atoms with Crippen molar-refractivity contribution in [3.8, 4) is 5.75 Å². The number of nitrogens with one attached hydrogen (secondary N) is 1. The molecule has 0 saturated carbocycles. The molecule has 0 saturated heterocycles. The minimum atomic E-state index is -3.89. The number of methoxy groups -OCH3 is 1. The second-order valence-corrected chi connectivity index (χ2v) is 5.98. The van der Waals surface area contributed by atoms with E-state index in [0.717, 1.165) is 11.6 Å². The van der Waals surface area contributed by atoms with E-state index >= 15 is 0 Å². The van der Waals surface area contributed by atoms with E-state index in [0.29, 0.717) is 12.3 Å². The van der Waals surface area contributed by atoms with Gasteiger partial charge in [-0.1, -0.05) is 12.1 Å². The highest BCUT2D eigenvalue weighted by Crippen LogP contribution is 2.28. The summed E-state index contributed by atoms with van der Waals surface area (Å²) >= 11 is 0. The molecule has 0 aliphatic carbocycles. The number of benzene rings is 2. The van der Waals surface area contributed by atoms with E-state index in [-0.39, 0.29) is 10.6 Å². The molecule has 0 amide bonds. The molecule has 2 aromatic carbocycles. The van der Waals surface area contributed by atoms with Crippen LogP contribution in [0, 0.1) is 5.82 Å². The van der Waals surface area contributed by atoms with Crippen molar-refractivity contribution in [2.75, 3.05) is 11.8 Å². The van der Waals surface area contributed by atoms with Crippen LogP contribution in [0.1, 0.15) is 5.56 Å². The monoisotopic (exact) mass is 310 g/mol. The van der Waals surface area contributed by atoms with Crippen molar-refractivity contribution >= 4 is 15.7 Å². The average molecular weight is 310 g/mol. The van der Waals surface area contributed by atoms with E-state index in [9.17, 15) is 12.8 Å². The molecule has 2 aromatic rings. The molecule has 5 nitrogen and oxygen atoms in total. The summed E-state index contributed by atoms with van der Waals surface area (Å²) in [5.41, 5.74) is 6.59. The van der Waals surface area contributed by atoms with Gasteiger partial charge < -0.3 is 10.5 Å². The van der Waals surface area contributed by atoms with Crippen molar-refractivity contribution < 1.29 is 17.5 Å². The van der Waals surface area contributed by atoms with Crippen LogP contribution >= 0.6 is 0 Å². The van der Waals surface area contributed by atoms with Crippen LogP contribution in [0.15, 0.2) is 47.4 Å². The Morgan fingerprint density at radius 3 is 2.62 bits per heavy atom. The van der Waals surface area contributed by atoms with Gasteiger partial charge in [0.2, 0.25) is 0 Å². The van der Waals surface area contributed by atoms with Crippen LogP contribution in [0.25, 0.3) is 0 Å².